The van der Waals surface area contributed by atoms with Gasteiger partial charge in [0, 0.05) is 23.5 Å². The Morgan fingerprint density at radius 2 is 1.49 bits per heavy atom. The number of aliphatic carboxylic acids is 1. The average molecular weight is 538 g/mol. The molecule has 1 aromatic heterocycles. The molecule has 0 bridgehead atoms. The molecule has 0 radical (unpaired) electrons. The number of benzene rings is 2. The molecule has 3 aromatic rings. The van der Waals surface area contributed by atoms with Gasteiger partial charge < -0.3 is 36.9 Å². The molecule has 0 saturated heterocycles. The maximum atomic E-state index is 13.3. The number of carbonyl (C=O) groups is 4. The zero-order valence-corrected chi connectivity index (χ0v) is 21.9. The Morgan fingerprint density at radius 3 is 2.13 bits per heavy atom. The third kappa shape index (κ3) is 7.88. The van der Waals surface area contributed by atoms with E-state index in [-0.39, 0.29) is 18.8 Å². The average Bonchev–Trinajstić information content (AvgIpc) is 3.32. The number of carboxylic acids is 1. The van der Waals surface area contributed by atoms with Gasteiger partial charge >= 0.3 is 5.97 Å². The second-order valence-corrected chi connectivity index (χ2v) is 9.73. The van der Waals surface area contributed by atoms with Crippen molar-refractivity contribution >= 4 is 34.6 Å². The second-order valence-electron chi connectivity index (χ2n) is 9.73. The molecule has 11 heteroatoms. The molecular formula is C28H35N5O6. The Balaban J connectivity index is 1.72. The number of hydrogen-bond donors (Lipinski definition) is 7. The van der Waals surface area contributed by atoms with Crippen LogP contribution >= 0.6 is 0 Å². The van der Waals surface area contributed by atoms with Crippen LogP contribution in [-0.4, -0.2) is 69.7 Å². The Morgan fingerprint density at radius 1 is 0.846 bits per heavy atom. The topological polar surface area (TPSA) is 187 Å². The maximum Gasteiger partial charge on any atom is 0.328 e. The molecule has 0 spiro atoms. The highest BCUT2D eigenvalue weighted by Crippen LogP contribution is 2.19. The van der Waals surface area contributed by atoms with E-state index >= 15 is 0 Å². The fourth-order valence-electron chi connectivity index (χ4n) is 4.20. The zero-order chi connectivity index (χ0) is 28.5. The molecule has 1 heterocycles. The molecule has 0 aliphatic rings. The van der Waals surface area contributed by atoms with Crippen molar-refractivity contribution < 1.29 is 29.4 Å². The molecule has 3 rings (SSSR count). The van der Waals surface area contributed by atoms with Gasteiger partial charge in [0.1, 0.15) is 18.1 Å². The zero-order valence-electron chi connectivity index (χ0n) is 21.9. The molecule has 0 unspecified atom stereocenters. The molecule has 8 N–H and O–H groups in total. The summed E-state index contributed by atoms with van der Waals surface area (Å²) in [5, 5.41) is 27.1. The fraction of sp³-hybridized carbons (Fsp3) is 0.357. The van der Waals surface area contributed by atoms with E-state index in [1.807, 2.05) is 24.3 Å². The van der Waals surface area contributed by atoms with Crippen molar-refractivity contribution in [1.29, 1.82) is 0 Å². The predicted octanol–water partition coefficient (Wildman–Crippen LogP) is 0.468. The third-order valence-electron chi connectivity index (χ3n) is 6.41. The first-order valence-electron chi connectivity index (χ1n) is 12.7. The van der Waals surface area contributed by atoms with E-state index in [0.29, 0.717) is 0 Å². The van der Waals surface area contributed by atoms with Crippen LogP contribution in [-0.2, 0) is 32.0 Å². The van der Waals surface area contributed by atoms with Gasteiger partial charge in [0.05, 0.1) is 12.6 Å². The number of nitrogens with two attached hydrogens (primary N) is 1. The van der Waals surface area contributed by atoms with E-state index in [4.69, 9.17) is 5.73 Å². The molecule has 208 valence electrons. The first-order chi connectivity index (χ1) is 18.6. The number of aliphatic hydroxyl groups is 1. The van der Waals surface area contributed by atoms with Crippen LogP contribution in [0.2, 0.25) is 0 Å². The number of aromatic nitrogens is 1. The molecule has 0 aliphatic heterocycles. The van der Waals surface area contributed by atoms with Gasteiger partial charge in [-0.15, -0.1) is 0 Å². The minimum Gasteiger partial charge on any atom is -0.480 e. The lowest BCUT2D eigenvalue weighted by Gasteiger charge is -2.27. The Bertz CT molecular complexity index is 1290. The van der Waals surface area contributed by atoms with Crippen molar-refractivity contribution in [2.45, 2.75) is 50.9 Å². The van der Waals surface area contributed by atoms with E-state index in [1.54, 1.807) is 50.4 Å². The standard InChI is InChI=1S/C28H35N5O6/c1-16(2)24(33-25(35)20(29)13-18-14-30-21-11-7-6-10-19(18)21)27(37)31-22(12-17-8-4-3-5-9-17)26(36)32-23(15-34)28(38)39/h3-11,14,16,20,22-24,30,34H,12-13,15,29H2,1-2H3,(H,31,37)(H,32,36)(H,33,35)(H,38,39)/t20-,22-,23-,24-/m0/s1. The van der Waals surface area contributed by atoms with Gasteiger partial charge in [0.15, 0.2) is 0 Å². The lowest BCUT2D eigenvalue weighted by molar-refractivity contribution is -0.143. The normalized spacial score (nSPS) is 14.3. The molecule has 4 atom stereocenters. The van der Waals surface area contributed by atoms with Crippen molar-refractivity contribution in [3.63, 3.8) is 0 Å². The predicted molar refractivity (Wildman–Crippen MR) is 145 cm³/mol. The second kappa shape index (κ2) is 13.5. The Hall–Kier alpha value is -4.22. The minimum atomic E-state index is -1.53. The molecule has 2 aromatic carbocycles. The molecular weight excluding hydrogens is 502 g/mol. The van der Waals surface area contributed by atoms with Crippen LogP contribution in [0, 0.1) is 5.92 Å². The highest BCUT2D eigenvalue weighted by atomic mass is 16.4. The summed E-state index contributed by atoms with van der Waals surface area (Å²) in [5.41, 5.74) is 8.71. The van der Waals surface area contributed by atoms with Crippen LogP contribution < -0.4 is 21.7 Å². The van der Waals surface area contributed by atoms with Crippen molar-refractivity contribution in [3.05, 3.63) is 71.9 Å². The summed E-state index contributed by atoms with van der Waals surface area (Å²) in [7, 11) is 0. The number of aliphatic hydroxyl groups excluding tert-OH is 1. The number of H-pyrrole nitrogens is 1. The Kier molecular flexibility index (Phi) is 10.2. The number of carboxylic acid groups (broad SMARTS) is 1. The van der Waals surface area contributed by atoms with Crippen molar-refractivity contribution in [1.82, 2.24) is 20.9 Å². The number of hydrogen-bond acceptors (Lipinski definition) is 6. The van der Waals surface area contributed by atoms with E-state index in [2.05, 4.69) is 20.9 Å². The highest BCUT2D eigenvalue weighted by Gasteiger charge is 2.32. The third-order valence-corrected chi connectivity index (χ3v) is 6.41. The number of nitrogens with one attached hydrogen (secondary N) is 4. The summed E-state index contributed by atoms with van der Waals surface area (Å²) in [4.78, 5) is 53.7. The van der Waals surface area contributed by atoms with Crippen LogP contribution in [0.5, 0.6) is 0 Å². The minimum absolute atomic E-state index is 0.0645. The van der Waals surface area contributed by atoms with Gasteiger partial charge in [-0.2, -0.15) is 0 Å². The molecule has 39 heavy (non-hydrogen) atoms. The SMILES string of the molecule is CC(C)[C@H](NC(=O)[C@@H](N)Cc1c[nH]c2ccccc12)C(=O)N[C@@H](Cc1ccccc1)C(=O)N[C@@H](CO)C(=O)O. The van der Waals surface area contributed by atoms with E-state index in [9.17, 15) is 29.4 Å². The summed E-state index contributed by atoms with van der Waals surface area (Å²) in [5.74, 6) is -3.68. The van der Waals surface area contributed by atoms with E-state index in [1.165, 1.54) is 0 Å². The van der Waals surface area contributed by atoms with Gasteiger partial charge in [-0.1, -0.05) is 62.4 Å². The summed E-state index contributed by atoms with van der Waals surface area (Å²) >= 11 is 0. The summed E-state index contributed by atoms with van der Waals surface area (Å²) in [6.07, 6.45) is 2.11. The van der Waals surface area contributed by atoms with Gasteiger partial charge in [0.25, 0.3) is 0 Å². The van der Waals surface area contributed by atoms with Crippen LogP contribution in [0.4, 0.5) is 0 Å². The monoisotopic (exact) mass is 537 g/mol. The number of fused-ring (bicyclic) bond motifs is 1. The largest absolute Gasteiger partial charge is 0.480 e. The van der Waals surface area contributed by atoms with Gasteiger partial charge in [-0.05, 0) is 29.5 Å². The molecule has 0 saturated carbocycles. The van der Waals surface area contributed by atoms with Gasteiger partial charge in [-0.25, -0.2) is 4.79 Å². The van der Waals surface area contributed by atoms with E-state index in [0.717, 1.165) is 22.0 Å². The number of para-hydroxylation sites is 1. The number of aromatic amines is 1. The molecule has 11 nitrogen and oxygen atoms in total. The number of amides is 3. The molecule has 0 fully saturated rings. The van der Waals surface area contributed by atoms with Crippen molar-refractivity contribution in [3.8, 4) is 0 Å². The maximum absolute atomic E-state index is 13.3. The van der Waals surface area contributed by atoms with Crippen molar-refractivity contribution in [2.24, 2.45) is 11.7 Å². The van der Waals surface area contributed by atoms with Crippen LogP contribution in [0.1, 0.15) is 25.0 Å². The van der Waals surface area contributed by atoms with Gasteiger partial charge in [0.2, 0.25) is 17.7 Å². The van der Waals surface area contributed by atoms with E-state index < -0.39 is 54.5 Å². The molecule has 0 aliphatic carbocycles. The first-order valence-corrected chi connectivity index (χ1v) is 12.7. The summed E-state index contributed by atoms with van der Waals surface area (Å²) < 4.78 is 0. The van der Waals surface area contributed by atoms with Crippen LogP contribution in [0.25, 0.3) is 10.9 Å². The smallest absolute Gasteiger partial charge is 0.328 e. The highest BCUT2D eigenvalue weighted by molar-refractivity contribution is 5.94. The Labute approximate surface area is 226 Å². The van der Waals surface area contributed by atoms with Gasteiger partial charge in [-0.3, -0.25) is 14.4 Å². The summed E-state index contributed by atoms with van der Waals surface area (Å²) in [6, 6.07) is 11.9. The molecule has 3 amide bonds. The number of rotatable bonds is 13. The quantitative estimate of drug-likeness (QED) is 0.165. The lowest BCUT2D eigenvalue weighted by Crippen LogP contribution is -2.59. The summed E-state index contributed by atoms with van der Waals surface area (Å²) in [6.45, 7) is 2.68. The van der Waals surface area contributed by atoms with Crippen LogP contribution in [0.15, 0.2) is 60.8 Å². The van der Waals surface area contributed by atoms with Crippen LogP contribution in [0.3, 0.4) is 0 Å². The lowest BCUT2D eigenvalue weighted by atomic mass is 9.99. The van der Waals surface area contributed by atoms with Crippen molar-refractivity contribution in [2.75, 3.05) is 6.61 Å². The fourth-order valence-corrected chi connectivity index (χ4v) is 4.20. The first kappa shape index (κ1) is 29.3. The number of carbonyl (C=O) groups excluding carboxylic acids is 3.